The number of fused-ring (bicyclic) bond motifs is 3. The van der Waals surface area contributed by atoms with Gasteiger partial charge in [-0.05, 0) is 54.3 Å². The summed E-state index contributed by atoms with van der Waals surface area (Å²) in [7, 11) is 2.13. The second kappa shape index (κ2) is 10.9. The fraction of sp³-hybridized carbons (Fsp3) is 0.400. The lowest BCUT2D eigenvalue weighted by Crippen LogP contribution is -2.37. The van der Waals surface area contributed by atoms with E-state index in [9.17, 15) is 4.79 Å². The van der Waals surface area contributed by atoms with E-state index in [2.05, 4.69) is 105 Å². The molecule has 8 heteroatoms. The van der Waals surface area contributed by atoms with Gasteiger partial charge in [-0.2, -0.15) is 0 Å². The Morgan fingerprint density at radius 3 is 2.85 bits per heavy atom. The molecule has 0 saturated carbocycles. The number of hydrogen-bond donors (Lipinski definition) is 2. The summed E-state index contributed by atoms with van der Waals surface area (Å²) >= 11 is 4.24. The van der Waals surface area contributed by atoms with E-state index in [-0.39, 0.29) is 6.03 Å². The van der Waals surface area contributed by atoms with E-state index in [1.807, 2.05) is 0 Å². The molecule has 2 aliphatic heterocycles. The predicted octanol–water partition coefficient (Wildman–Crippen LogP) is 3.81. The minimum absolute atomic E-state index is 0.135. The maximum atomic E-state index is 11.6. The van der Waals surface area contributed by atoms with Crippen molar-refractivity contribution in [1.82, 2.24) is 10.6 Å². The number of ether oxygens (including phenoxy) is 1. The van der Waals surface area contributed by atoms with Gasteiger partial charge in [-0.1, -0.05) is 48.4 Å². The fourth-order valence-electron chi connectivity index (χ4n) is 4.22. The predicted molar refractivity (Wildman–Crippen MR) is 138 cm³/mol. The molecule has 2 amide bonds. The summed E-state index contributed by atoms with van der Waals surface area (Å²) in [5.41, 5.74) is 4.83. The molecule has 1 unspecified atom stereocenters. The molecule has 0 bridgehead atoms. The summed E-state index contributed by atoms with van der Waals surface area (Å²) in [6.45, 7) is 5.45. The molecule has 172 valence electrons. The van der Waals surface area contributed by atoms with Crippen molar-refractivity contribution in [2.45, 2.75) is 29.7 Å². The molecule has 2 aliphatic rings. The summed E-state index contributed by atoms with van der Waals surface area (Å²) in [5, 5.41) is 5.66. The molecule has 6 nitrogen and oxygen atoms in total. The van der Waals surface area contributed by atoms with E-state index in [1.54, 1.807) is 11.8 Å². The SMILES string of the molecule is CCCN(C)c1ccc(/C=C/C23OCCN2c2ccc(CCNC(=O)N[CH2][Al])cc2S3)cc1. The highest BCUT2D eigenvalue weighted by Gasteiger charge is 2.47. The van der Waals surface area contributed by atoms with Crippen LogP contribution in [-0.4, -0.2) is 66.1 Å². The Bertz CT molecular complexity index is 1000. The summed E-state index contributed by atoms with van der Waals surface area (Å²) < 4.78 is 6.27. The largest absolute Gasteiger partial charge is 0.375 e. The van der Waals surface area contributed by atoms with Crippen molar-refractivity contribution in [2.24, 2.45) is 0 Å². The number of nitrogens with zero attached hydrogens (tertiary/aromatic N) is 2. The average Bonchev–Trinajstić information content (AvgIpc) is 3.34. The van der Waals surface area contributed by atoms with Gasteiger partial charge in [0.2, 0.25) is 5.06 Å². The number of thioether (sulfide) groups is 1. The number of urea groups is 1. The van der Waals surface area contributed by atoms with Crippen LogP contribution in [-0.2, 0) is 11.2 Å². The van der Waals surface area contributed by atoms with Crippen LogP contribution < -0.4 is 20.4 Å². The first-order chi connectivity index (χ1) is 16.0. The Labute approximate surface area is 209 Å². The van der Waals surface area contributed by atoms with Crippen molar-refractivity contribution in [3.8, 4) is 0 Å². The van der Waals surface area contributed by atoms with E-state index in [0.29, 0.717) is 18.6 Å². The number of carbonyl (C=O) groups excluding carboxylic acids is 1. The molecule has 2 heterocycles. The molecule has 33 heavy (non-hydrogen) atoms. The molecule has 2 aromatic rings. The van der Waals surface area contributed by atoms with Gasteiger partial charge in [0.1, 0.15) is 0 Å². The van der Waals surface area contributed by atoms with E-state index < -0.39 is 5.06 Å². The molecule has 0 spiro atoms. The van der Waals surface area contributed by atoms with E-state index >= 15 is 0 Å². The Kier molecular flexibility index (Phi) is 7.92. The number of anilines is 2. The molecular formula is C25H31AlN4O2S. The molecule has 0 aliphatic carbocycles. The zero-order valence-electron chi connectivity index (χ0n) is 19.3. The molecule has 1 fully saturated rings. The minimum atomic E-state index is -0.491. The standard InChI is InChI=1S/C25H31N4O2S.Al/c1-4-15-28(3)21-8-5-19(6-9-21)11-13-25-29(16-17-31-25)22-10-7-20(18-23(22)32-25)12-14-27-24(30)26-2;/h5-11,13,18H,2,4,12,14-17H2,1,3H3,(H2,26,27,30);/b13-11+;. The number of benzene rings is 2. The smallest absolute Gasteiger partial charge is 0.313 e. The van der Waals surface area contributed by atoms with Crippen LogP contribution in [0.15, 0.2) is 53.4 Å². The van der Waals surface area contributed by atoms with Crippen molar-refractivity contribution in [1.29, 1.82) is 0 Å². The number of hydrogen-bond acceptors (Lipinski definition) is 5. The van der Waals surface area contributed by atoms with Gasteiger partial charge in [0.05, 0.1) is 12.3 Å². The maximum absolute atomic E-state index is 11.6. The molecule has 2 N–H and O–H groups in total. The van der Waals surface area contributed by atoms with Crippen LogP contribution in [0.1, 0.15) is 24.5 Å². The minimum Gasteiger partial charge on any atom is -0.375 e. The van der Waals surface area contributed by atoms with E-state index in [4.69, 9.17) is 4.74 Å². The second-order valence-corrected chi connectivity index (χ2v) is 9.91. The third-order valence-electron chi connectivity index (χ3n) is 5.91. The van der Waals surface area contributed by atoms with Crippen LogP contribution in [0.5, 0.6) is 0 Å². The van der Waals surface area contributed by atoms with Crippen molar-refractivity contribution in [2.75, 3.05) is 48.5 Å². The summed E-state index contributed by atoms with van der Waals surface area (Å²) in [5.74, 6) is 0. The topological polar surface area (TPSA) is 56.8 Å². The number of carbonyl (C=O) groups is 1. The normalized spacial score (nSPS) is 18.9. The van der Waals surface area contributed by atoms with Crippen LogP contribution in [0.4, 0.5) is 16.2 Å². The van der Waals surface area contributed by atoms with Gasteiger partial charge in [0.15, 0.2) is 16.3 Å². The van der Waals surface area contributed by atoms with Crippen molar-refractivity contribution in [3.63, 3.8) is 0 Å². The van der Waals surface area contributed by atoms with E-state index in [0.717, 1.165) is 25.9 Å². The molecular weight excluding hydrogens is 447 g/mol. The van der Waals surface area contributed by atoms with E-state index in [1.165, 1.54) is 27.4 Å². The molecule has 2 aromatic carbocycles. The monoisotopic (exact) mass is 478 g/mol. The summed E-state index contributed by atoms with van der Waals surface area (Å²) in [6.07, 6.45) is 6.28. The highest BCUT2D eigenvalue weighted by Crippen LogP contribution is 2.54. The van der Waals surface area contributed by atoms with Crippen molar-refractivity contribution in [3.05, 3.63) is 59.7 Å². The Hall–Kier alpha value is -2.11. The lowest BCUT2D eigenvalue weighted by Gasteiger charge is -2.27. The van der Waals surface area contributed by atoms with Crippen LogP contribution >= 0.6 is 11.8 Å². The Morgan fingerprint density at radius 1 is 1.27 bits per heavy atom. The molecule has 4 rings (SSSR count). The Balaban J connectivity index is 1.43. The third kappa shape index (κ3) is 5.52. The lowest BCUT2D eigenvalue weighted by molar-refractivity contribution is 0.123. The quantitative estimate of drug-likeness (QED) is 0.537. The van der Waals surface area contributed by atoms with Gasteiger partial charge in [0.25, 0.3) is 0 Å². The van der Waals surface area contributed by atoms with Crippen LogP contribution in [0, 0.1) is 0 Å². The van der Waals surface area contributed by atoms with Crippen molar-refractivity contribution >= 4 is 51.5 Å². The van der Waals surface area contributed by atoms with Gasteiger partial charge < -0.3 is 25.2 Å². The van der Waals surface area contributed by atoms with Gasteiger partial charge in [-0.3, -0.25) is 0 Å². The maximum Gasteiger partial charge on any atom is 0.313 e. The van der Waals surface area contributed by atoms with Crippen LogP contribution in [0.25, 0.3) is 6.08 Å². The summed E-state index contributed by atoms with van der Waals surface area (Å²) in [4.78, 5) is 17.4. The van der Waals surface area contributed by atoms with Gasteiger partial charge in [-0.25, -0.2) is 4.79 Å². The van der Waals surface area contributed by atoms with Gasteiger partial charge in [0, 0.05) is 37.3 Å². The Morgan fingerprint density at radius 2 is 2.09 bits per heavy atom. The number of nitrogens with one attached hydrogen (secondary N) is 2. The molecule has 0 aromatic heterocycles. The van der Waals surface area contributed by atoms with Crippen molar-refractivity contribution < 1.29 is 9.53 Å². The molecule has 2 radical (unpaired) electrons. The zero-order chi connectivity index (χ0) is 23.3. The van der Waals surface area contributed by atoms with Gasteiger partial charge >= 0.3 is 6.03 Å². The van der Waals surface area contributed by atoms with Crippen LogP contribution in [0.2, 0.25) is 0 Å². The van der Waals surface area contributed by atoms with Crippen LogP contribution in [0.3, 0.4) is 0 Å². The number of rotatable bonds is 9. The molecule has 1 atom stereocenters. The van der Waals surface area contributed by atoms with Gasteiger partial charge in [-0.15, -0.1) is 0 Å². The fourth-order valence-corrected chi connectivity index (χ4v) is 5.79. The molecule has 1 saturated heterocycles. The zero-order valence-corrected chi connectivity index (χ0v) is 21.3. The highest BCUT2D eigenvalue weighted by atomic mass is 32.2. The highest BCUT2D eigenvalue weighted by molar-refractivity contribution is 8.01. The third-order valence-corrected chi connectivity index (χ3v) is 7.43. The lowest BCUT2D eigenvalue weighted by atomic mass is 10.1. The second-order valence-electron chi connectivity index (χ2n) is 8.27. The number of amides is 2. The summed E-state index contributed by atoms with van der Waals surface area (Å²) in [6, 6.07) is 15.1. The average molecular weight is 479 g/mol. The first-order valence-corrected chi connectivity index (χ1v) is 13.1. The first-order valence-electron chi connectivity index (χ1n) is 11.5. The first kappa shape index (κ1) is 24.0.